The number of carbonyl (C=O) groups excluding carboxylic acids is 2. The summed E-state index contributed by atoms with van der Waals surface area (Å²) in [5.74, 6) is -0.438. The van der Waals surface area contributed by atoms with Crippen molar-refractivity contribution in [3.63, 3.8) is 0 Å². The van der Waals surface area contributed by atoms with Crippen LogP contribution in [0.4, 0.5) is 0 Å². The maximum absolute atomic E-state index is 12.9. The average Bonchev–Trinajstić information content (AvgIpc) is 3.36. The Morgan fingerprint density at radius 3 is 1.09 bits per heavy atom. The highest BCUT2D eigenvalue weighted by atomic mass is 16.6. The molecule has 0 spiro atoms. The first-order valence-electron chi connectivity index (χ1n) is 29.8. The zero-order chi connectivity index (χ0) is 50.6. The lowest BCUT2D eigenvalue weighted by atomic mass is 10.1. The maximum Gasteiger partial charge on any atom is 0.306 e. The Morgan fingerprint density at radius 1 is 0.329 bits per heavy atom. The summed E-state index contributed by atoms with van der Waals surface area (Å²) in [5.41, 5.74) is 0. The Balaban J connectivity index is 4.36. The van der Waals surface area contributed by atoms with Gasteiger partial charge in [-0.3, -0.25) is 9.59 Å². The minimum atomic E-state index is -0.562. The van der Waals surface area contributed by atoms with Crippen LogP contribution in [0.2, 0.25) is 0 Å². The first kappa shape index (κ1) is 66.8. The van der Waals surface area contributed by atoms with E-state index in [4.69, 9.17) is 14.2 Å². The zero-order valence-corrected chi connectivity index (χ0v) is 46.3. The summed E-state index contributed by atoms with van der Waals surface area (Å²) in [6, 6.07) is 0. The Hall–Kier alpha value is -3.18. The van der Waals surface area contributed by atoms with Crippen molar-refractivity contribution in [3.8, 4) is 0 Å². The molecule has 0 heterocycles. The van der Waals surface area contributed by atoms with E-state index in [1.54, 1.807) is 0 Å². The standard InChI is InChI=1S/C65H112O5/c1-4-7-10-13-16-19-22-25-28-31-33-35-37-40-43-46-49-52-55-58-64(66)69-62-63(61-68-60-57-54-51-48-45-42-39-30-27-24-21-18-15-12-9-6-3)70-65(67)59-56-53-50-47-44-41-38-36-34-32-29-26-23-20-17-14-11-8-5-2/h7,10,16-17,19-20,25-30,33,35,40,43,63H,4-6,8-9,11-15,18,21-24,31-32,34,36-39,41-42,44-62H2,1-3H3/b10-7-,19-16-,20-17-,28-25-,29-26-,30-27-,35-33-,43-40-. The molecule has 1 unspecified atom stereocenters. The smallest absolute Gasteiger partial charge is 0.306 e. The molecule has 5 nitrogen and oxygen atoms in total. The Kier molecular flexibility index (Phi) is 57.4. The number of hydrogen-bond donors (Lipinski definition) is 0. The van der Waals surface area contributed by atoms with Gasteiger partial charge in [0.2, 0.25) is 0 Å². The molecule has 0 saturated carbocycles. The fraction of sp³-hybridized carbons (Fsp3) is 0.723. The number of allylic oxidation sites excluding steroid dienone is 16. The van der Waals surface area contributed by atoms with E-state index in [0.717, 1.165) is 96.3 Å². The van der Waals surface area contributed by atoms with Crippen molar-refractivity contribution in [2.24, 2.45) is 0 Å². The third-order valence-electron chi connectivity index (χ3n) is 12.6. The van der Waals surface area contributed by atoms with Crippen LogP contribution in [0.5, 0.6) is 0 Å². The SMILES string of the molecule is CC/C=C\C/C=C\C/C=C\C/C=C\C/C=C\CCCCCC(=O)OCC(COCCCCCCCC/C=C\CCCCCCCC)OC(=O)CCCCCCCCCCC/C=C\C/C=C\CCCCC. The summed E-state index contributed by atoms with van der Waals surface area (Å²) >= 11 is 0. The second-order valence-corrected chi connectivity index (χ2v) is 19.5. The van der Waals surface area contributed by atoms with Gasteiger partial charge in [-0.25, -0.2) is 0 Å². The molecular weight excluding hydrogens is 861 g/mol. The van der Waals surface area contributed by atoms with Gasteiger partial charge in [0.15, 0.2) is 6.10 Å². The first-order valence-corrected chi connectivity index (χ1v) is 29.8. The van der Waals surface area contributed by atoms with Crippen molar-refractivity contribution in [2.75, 3.05) is 19.8 Å². The molecule has 1 atom stereocenters. The maximum atomic E-state index is 12.9. The van der Waals surface area contributed by atoms with E-state index < -0.39 is 6.10 Å². The van der Waals surface area contributed by atoms with Crippen LogP contribution in [0.25, 0.3) is 0 Å². The van der Waals surface area contributed by atoms with Crippen molar-refractivity contribution in [2.45, 2.75) is 284 Å². The molecule has 0 N–H and O–H groups in total. The number of unbranched alkanes of at least 4 members (excludes halogenated alkanes) is 27. The van der Waals surface area contributed by atoms with Crippen LogP contribution in [0.1, 0.15) is 278 Å². The van der Waals surface area contributed by atoms with E-state index in [-0.39, 0.29) is 25.2 Å². The van der Waals surface area contributed by atoms with Crippen LogP contribution in [-0.2, 0) is 23.8 Å². The summed E-state index contributed by atoms with van der Waals surface area (Å²) in [6.45, 7) is 7.65. The third kappa shape index (κ3) is 57.4. The van der Waals surface area contributed by atoms with Crippen LogP contribution in [0.3, 0.4) is 0 Å². The lowest BCUT2D eigenvalue weighted by Crippen LogP contribution is -2.30. The molecule has 0 amide bonds. The van der Waals surface area contributed by atoms with Gasteiger partial charge in [0.1, 0.15) is 6.61 Å². The predicted molar refractivity (Wildman–Crippen MR) is 306 cm³/mol. The van der Waals surface area contributed by atoms with Crippen LogP contribution in [-0.4, -0.2) is 37.9 Å². The van der Waals surface area contributed by atoms with Crippen molar-refractivity contribution in [1.82, 2.24) is 0 Å². The summed E-state index contributed by atoms with van der Waals surface area (Å²) in [7, 11) is 0. The van der Waals surface area contributed by atoms with Gasteiger partial charge in [-0.05, 0) is 122 Å². The molecular formula is C65H112O5. The normalized spacial score (nSPS) is 12.9. The monoisotopic (exact) mass is 973 g/mol. The van der Waals surface area contributed by atoms with E-state index in [1.165, 1.54) is 148 Å². The molecule has 0 aliphatic carbocycles. The molecule has 0 aliphatic heterocycles. The summed E-state index contributed by atoms with van der Waals surface area (Å²) in [5, 5.41) is 0. The van der Waals surface area contributed by atoms with E-state index in [1.807, 2.05) is 0 Å². The summed E-state index contributed by atoms with van der Waals surface area (Å²) in [4.78, 5) is 25.6. The lowest BCUT2D eigenvalue weighted by Gasteiger charge is -2.18. The molecule has 5 heteroatoms. The number of rotatable bonds is 54. The third-order valence-corrected chi connectivity index (χ3v) is 12.6. The van der Waals surface area contributed by atoms with E-state index in [9.17, 15) is 9.59 Å². The first-order chi connectivity index (χ1) is 34.6. The zero-order valence-electron chi connectivity index (χ0n) is 46.3. The van der Waals surface area contributed by atoms with E-state index in [0.29, 0.717) is 19.4 Å². The van der Waals surface area contributed by atoms with Crippen molar-refractivity contribution < 1.29 is 23.8 Å². The second-order valence-electron chi connectivity index (χ2n) is 19.5. The van der Waals surface area contributed by atoms with Crippen LogP contribution in [0, 0.1) is 0 Å². The largest absolute Gasteiger partial charge is 0.462 e. The fourth-order valence-electron chi connectivity index (χ4n) is 8.15. The van der Waals surface area contributed by atoms with Crippen LogP contribution in [0.15, 0.2) is 97.2 Å². The van der Waals surface area contributed by atoms with Gasteiger partial charge in [0.05, 0.1) is 6.61 Å². The van der Waals surface area contributed by atoms with Gasteiger partial charge in [0.25, 0.3) is 0 Å². The molecule has 0 bridgehead atoms. The summed E-state index contributed by atoms with van der Waals surface area (Å²) in [6.07, 6.45) is 81.4. The quantitative estimate of drug-likeness (QED) is 0.0345. The topological polar surface area (TPSA) is 61.8 Å². The number of esters is 2. The van der Waals surface area contributed by atoms with Crippen molar-refractivity contribution in [1.29, 1.82) is 0 Å². The highest BCUT2D eigenvalue weighted by Crippen LogP contribution is 2.14. The van der Waals surface area contributed by atoms with Gasteiger partial charge >= 0.3 is 11.9 Å². The van der Waals surface area contributed by atoms with E-state index >= 15 is 0 Å². The van der Waals surface area contributed by atoms with Gasteiger partial charge in [-0.1, -0.05) is 240 Å². The minimum Gasteiger partial charge on any atom is -0.462 e. The van der Waals surface area contributed by atoms with Crippen LogP contribution < -0.4 is 0 Å². The minimum absolute atomic E-state index is 0.0604. The molecule has 0 aromatic rings. The molecule has 0 aromatic heterocycles. The molecule has 402 valence electrons. The van der Waals surface area contributed by atoms with Gasteiger partial charge < -0.3 is 14.2 Å². The molecule has 0 aliphatic rings. The molecule has 0 aromatic carbocycles. The average molecular weight is 974 g/mol. The number of carbonyl (C=O) groups is 2. The fourth-order valence-corrected chi connectivity index (χ4v) is 8.15. The number of ether oxygens (including phenoxy) is 3. The summed E-state index contributed by atoms with van der Waals surface area (Å²) < 4.78 is 17.5. The van der Waals surface area contributed by atoms with Crippen molar-refractivity contribution >= 4 is 11.9 Å². The molecule has 70 heavy (non-hydrogen) atoms. The molecule has 0 radical (unpaired) electrons. The highest BCUT2D eigenvalue weighted by Gasteiger charge is 2.17. The molecule has 0 fully saturated rings. The van der Waals surface area contributed by atoms with Gasteiger partial charge in [-0.15, -0.1) is 0 Å². The Morgan fingerprint density at radius 2 is 0.643 bits per heavy atom. The van der Waals surface area contributed by atoms with Gasteiger partial charge in [-0.2, -0.15) is 0 Å². The second kappa shape index (κ2) is 60.1. The van der Waals surface area contributed by atoms with Gasteiger partial charge in [0, 0.05) is 19.4 Å². The van der Waals surface area contributed by atoms with E-state index in [2.05, 4.69) is 118 Å². The Labute approximate surface area is 434 Å². The predicted octanol–water partition coefficient (Wildman–Crippen LogP) is 20.6. The highest BCUT2D eigenvalue weighted by molar-refractivity contribution is 5.70. The van der Waals surface area contributed by atoms with Crippen molar-refractivity contribution in [3.05, 3.63) is 97.2 Å². The molecule has 0 saturated heterocycles. The van der Waals surface area contributed by atoms with Crippen LogP contribution >= 0.6 is 0 Å². The molecule has 0 rings (SSSR count). The number of hydrogen-bond acceptors (Lipinski definition) is 5. The lowest BCUT2D eigenvalue weighted by molar-refractivity contribution is -0.163. The Bertz CT molecular complexity index is 1330.